The summed E-state index contributed by atoms with van der Waals surface area (Å²) < 4.78 is 36.7. The number of halogens is 3. The third-order valence-electron chi connectivity index (χ3n) is 2.07. The second kappa shape index (κ2) is 3.40. The SMILES string of the molecule is Cc1ccc([C@@H](C)C(F)(F)F)cc1. The van der Waals surface area contributed by atoms with Crippen LogP contribution in [-0.2, 0) is 0 Å². The minimum atomic E-state index is -4.14. The van der Waals surface area contributed by atoms with E-state index in [1.807, 2.05) is 6.92 Å². The maximum Gasteiger partial charge on any atom is 0.395 e. The van der Waals surface area contributed by atoms with Gasteiger partial charge in [-0.05, 0) is 19.4 Å². The summed E-state index contributed by atoms with van der Waals surface area (Å²) in [6.07, 6.45) is -4.14. The fourth-order valence-corrected chi connectivity index (χ4v) is 1.04. The van der Waals surface area contributed by atoms with Crippen molar-refractivity contribution in [3.8, 4) is 0 Å². The average molecular weight is 188 g/mol. The van der Waals surface area contributed by atoms with Crippen molar-refractivity contribution in [1.82, 2.24) is 0 Å². The number of hydrogen-bond donors (Lipinski definition) is 0. The van der Waals surface area contributed by atoms with Crippen LogP contribution in [0.4, 0.5) is 13.2 Å². The van der Waals surface area contributed by atoms with E-state index in [0.717, 1.165) is 5.56 Å². The summed E-state index contributed by atoms with van der Waals surface area (Å²) in [7, 11) is 0. The molecule has 0 heterocycles. The van der Waals surface area contributed by atoms with Crippen molar-refractivity contribution in [3.05, 3.63) is 35.4 Å². The van der Waals surface area contributed by atoms with Crippen LogP contribution in [0.1, 0.15) is 24.0 Å². The Hall–Kier alpha value is -0.990. The molecule has 0 amide bonds. The maximum atomic E-state index is 12.2. The summed E-state index contributed by atoms with van der Waals surface area (Å²) in [5, 5.41) is 0. The second-order valence-electron chi connectivity index (χ2n) is 3.17. The van der Waals surface area contributed by atoms with Gasteiger partial charge in [0.15, 0.2) is 0 Å². The zero-order valence-corrected chi connectivity index (χ0v) is 7.52. The molecule has 72 valence electrons. The number of benzene rings is 1. The van der Waals surface area contributed by atoms with Crippen LogP contribution < -0.4 is 0 Å². The first-order valence-corrected chi connectivity index (χ1v) is 4.04. The quantitative estimate of drug-likeness (QED) is 0.630. The lowest BCUT2D eigenvalue weighted by atomic mass is 10.00. The second-order valence-corrected chi connectivity index (χ2v) is 3.17. The molecule has 0 aliphatic rings. The molecule has 0 nitrogen and oxygen atoms in total. The Kier molecular flexibility index (Phi) is 2.64. The van der Waals surface area contributed by atoms with Crippen LogP contribution in [-0.4, -0.2) is 6.18 Å². The molecule has 0 radical (unpaired) electrons. The molecule has 0 aliphatic heterocycles. The molecule has 3 heteroatoms. The Labute approximate surface area is 75.4 Å². The Morgan fingerprint density at radius 1 is 1.08 bits per heavy atom. The number of hydrogen-bond acceptors (Lipinski definition) is 0. The largest absolute Gasteiger partial charge is 0.395 e. The van der Waals surface area contributed by atoms with E-state index in [-0.39, 0.29) is 0 Å². The van der Waals surface area contributed by atoms with Gasteiger partial charge < -0.3 is 0 Å². The predicted octanol–water partition coefficient (Wildman–Crippen LogP) is 3.66. The number of aryl methyl sites for hydroxylation is 1. The van der Waals surface area contributed by atoms with E-state index in [4.69, 9.17) is 0 Å². The zero-order valence-electron chi connectivity index (χ0n) is 7.52. The van der Waals surface area contributed by atoms with Gasteiger partial charge in [-0.25, -0.2) is 0 Å². The van der Waals surface area contributed by atoms with Crippen LogP contribution in [0, 0.1) is 6.92 Å². The molecule has 0 aliphatic carbocycles. The van der Waals surface area contributed by atoms with Crippen LogP contribution in [0.5, 0.6) is 0 Å². The summed E-state index contributed by atoms with van der Waals surface area (Å²) in [4.78, 5) is 0. The summed E-state index contributed by atoms with van der Waals surface area (Å²) in [6.45, 7) is 3.02. The molecular formula is C10H11F3. The molecule has 1 rings (SSSR count). The van der Waals surface area contributed by atoms with Crippen molar-refractivity contribution in [2.45, 2.75) is 25.9 Å². The van der Waals surface area contributed by atoms with Gasteiger partial charge in [0.2, 0.25) is 0 Å². The monoisotopic (exact) mass is 188 g/mol. The highest BCUT2D eigenvalue weighted by Gasteiger charge is 2.36. The molecule has 0 saturated carbocycles. The summed E-state index contributed by atoms with van der Waals surface area (Å²) in [5.74, 6) is -1.38. The van der Waals surface area contributed by atoms with Gasteiger partial charge in [-0.3, -0.25) is 0 Å². The maximum absolute atomic E-state index is 12.2. The Morgan fingerprint density at radius 3 is 1.92 bits per heavy atom. The van der Waals surface area contributed by atoms with Crippen molar-refractivity contribution in [1.29, 1.82) is 0 Å². The van der Waals surface area contributed by atoms with E-state index in [0.29, 0.717) is 5.56 Å². The summed E-state index contributed by atoms with van der Waals surface area (Å²) >= 11 is 0. The molecule has 0 unspecified atom stereocenters. The fraction of sp³-hybridized carbons (Fsp3) is 0.400. The van der Waals surface area contributed by atoms with Crippen molar-refractivity contribution in [2.75, 3.05) is 0 Å². The van der Waals surface area contributed by atoms with E-state index < -0.39 is 12.1 Å². The first-order chi connectivity index (χ1) is 5.91. The first-order valence-electron chi connectivity index (χ1n) is 4.04. The lowest BCUT2D eigenvalue weighted by Gasteiger charge is -2.15. The van der Waals surface area contributed by atoms with Gasteiger partial charge in [-0.1, -0.05) is 29.8 Å². The van der Waals surface area contributed by atoms with E-state index in [9.17, 15) is 13.2 Å². The Balaban J connectivity index is 2.90. The Bertz CT molecular complexity index is 271. The molecule has 1 aromatic rings. The molecule has 0 aromatic heterocycles. The molecule has 13 heavy (non-hydrogen) atoms. The average Bonchev–Trinajstić information content (AvgIpc) is 2.03. The highest BCUT2D eigenvalue weighted by atomic mass is 19.4. The normalized spacial score (nSPS) is 14.2. The lowest BCUT2D eigenvalue weighted by molar-refractivity contribution is -0.146. The van der Waals surface area contributed by atoms with Crippen LogP contribution in [0.25, 0.3) is 0 Å². The highest BCUT2D eigenvalue weighted by molar-refractivity contribution is 5.24. The van der Waals surface area contributed by atoms with Gasteiger partial charge in [0, 0.05) is 0 Å². The lowest BCUT2D eigenvalue weighted by Crippen LogP contribution is -2.17. The van der Waals surface area contributed by atoms with Gasteiger partial charge in [0.05, 0.1) is 5.92 Å². The van der Waals surface area contributed by atoms with Crippen LogP contribution in [0.2, 0.25) is 0 Å². The van der Waals surface area contributed by atoms with Crippen molar-refractivity contribution >= 4 is 0 Å². The molecule has 0 saturated heterocycles. The minimum absolute atomic E-state index is 0.318. The van der Waals surface area contributed by atoms with Crippen molar-refractivity contribution in [3.63, 3.8) is 0 Å². The topological polar surface area (TPSA) is 0 Å². The predicted molar refractivity (Wildman–Crippen MR) is 45.6 cm³/mol. The fourth-order valence-electron chi connectivity index (χ4n) is 1.04. The third kappa shape index (κ3) is 2.47. The van der Waals surface area contributed by atoms with Gasteiger partial charge in [-0.15, -0.1) is 0 Å². The number of alkyl halides is 3. The van der Waals surface area contributed by atoms with E-state index in [1.165, 1.54) is 19.1 Å². The van der Waals surface area contributed by atoms with Crippen molar-refractivity contribution in [2.24, 2.45) is 0 Å². The van der Waals surface area contributed by atoms with Crippen LogP contribution >= 0.6 is 0 Å². The van der Waals surface area contributed by atoms with E-state index >= 15 is 0 Å². The van der Waals surface area contributed by atoms with E-state index in [1.54, 1.807) is 12.1 Å². The van der Waals surface area contributed by atoms with Gasteiger partial charge >= 0.3 is 6.18 Å². The molecule has 0 N–H and O–H groups in total. The summed E-state index contributed by atoms with van der Waals surface area (Å²) in [5.41, 5.74) is 1.29. The molecule has 0 spiro atoms. The zero-order chi connectivity index (χ0) is 10.1. The highest BCUT2D eigenvalue weighted by Crippen LogP contribution is 2.33. The standard InChI is InChI=1S/C10H11F3/c1-7-3-5-9(6-4-7)8(2)10(11,12)13/h3-6,8H,1-2H3/t8-/m1/s1. The minimum Gasteiger partial charge on any atom is -0.170 e. The smallest absolute Gasteiger partial charge is 0.170 e. The molecule has 1 atom stereocenters. The first kappa shape index (κ1) is 10.1. The molecule has 0 bridgehead atoms. The molecular weight excluding hydrogens is 177 g/mol. The van der Waals surface area contributed by atoms with Gasteiger partial charge in [-0.2, -0.15) is 13.2 Å². The third-order valence-corrected chi connectivity index (χ3v) is 2.07. The van der Waals surface area contributed by atoms with E-state index in [2.05, 4.69) is 0 Å². The van der Waals surface area contributed by atoms with Gasteiger partial charge in [0.1, 0.15) is 0 Å². The van der Waals surface area contributed by atoms with Gasteiger partial charge in [0.25, 0.3) is 0 Å². The Morgan fingerprint density at radius 2 is 1.54 bits per heavy atom. The number of rotatable bonds is 1. The molecule has 0 fully saturated rings. The van der Waals surface area contributed by atoms with Crippen LogP contribution in [0.15, 0.2) is 24.3 Å². The summed E-state index contributed by atoms with van der Waals surface area (Å²) in [6, 6.07) is 6.43. The molecule has 1 aromatic carbocycles. The van der Waals surface area contributed by atoms with Crippen LogP contribution in [0.3, 0.4) is 0 Å². The van der Waals surface area contributed by atoms with Crippen molar-refractivity contribution < 1.29 is 13.2 Å².